The number of nitrogens with zero attached hydrogens (tertiary/aromatic N) is 5. The molecule has 41 heavy (non-hydrogen) atoms. The van der Waals surface area contributed by atoms with Crippen LogP contribution in [0, 0.1) is 0 Å². The Labute approximate surface area is 232 Å². The number of likely N-dealkylation sites (tertiary alicyclic amines) is 1. The lowest BCUT2D eigenvalue weighted by atomic mass is 10.0. The minimum atomic E-state index is -4.83. The smallest absolute Gasteiger partial charge is 0.369 e. The Bertz CT molecular complexity index is 1690. The predicted octanol–water partition coefficient (Wildman–Crippen LogP) is 5.02. The van der Waals surface area contributed by atoms with Gasteiger partial charge in [0.1, 0.15) is 11.6 Å². The summed E-state index contributed by atoms with van der Waals surface area (Å²) in [4.78, 5) is 39.7. The van der Waals surface area contributed by atoms with Gasteiger partial charge in [-0.25, -0.2) is 15.0 Å². The van der Waals surface area contributed by atoms with Crippen molar-refractivity contribution in [1.82, 2.24) is 24.3 Å². The van der Waals surface area contributed by atoms with Gasteiger partial charge >= 0.3 is 6.18 Å². The van der Waals surface area contributed by atoms with E-state index in [0.29, 0.717) is 36.6 Å². The number of alkyl halides is 3. The van der Waals surface area contributed by atoms with Crippen molar-refractivity contribution in [1.29, 1.82) is 0 Å². The second-order valence-corrected chi connectivity index (χ2v) is 10.3. The molecule has 9 nitrogen and oxygen atoms in total. The number of anilines is 2. The monoisotopic (exact) mass is 561 g/mol. The van der Waals surface area contributed by atoms with Gasteiger partial charge in [0.15, 0.2) is 0 Å². The topological polar surface area (TPSA) is 119 Å². The lowest BCUT2D eigenvalue weighted by Crippen LogP contribution is -2.26. The first-order valence-corrected chi connectivity index (χ1v) is 13.2. The molecule has 1 aliphatic heterocycles. The first kappa shape index (κ1) is 26.5. The molecule has 1 saturated carbocycles. The molecule has 1 saturated heterocycles. The third-order valence-corrected chi connectivity index (χ3v) is 7.57. The van der Waals surface area contributed by atoms with Crippen LogP contribution in [-0.2, 0) is 11.0 Å². The van der Waals surface area contributed by atoms with Crippen LogP contribution in [-0.4, -0.2) is 49.2 Å². The number of imidazole rings is 1. The van der Waals surface area contributed by atoms with E-state index in [1.807, 2.05) is 6.07 Å². The lowest BCUT2D eigenvalue weighted by Gasteiger charge is -2.15. The van der Waals surface area contributed by atoms with Crippen LogP contribution in [0.5, 0.6) is 0 Å². The highest BCUT2D eigenvalue weighted by Gasteiger charge is 2.37. The molecule has 2 amide bonds. The number of hydrogen-bond acceptors (Lipinski definition) is 6. The number of nitrogen functional groups attached to an aromatic ring is 1. The zero-order valence-corrected chi connectivity index (χ0v) is 21.9. The number of hydrogen-bond donors (Lipinski definition) is 2. The molecule has 2 aliphatic rings. The van der Waals surface area contributed by atoms with Crippen molar-refractivity contribution in [2.75, 3.05) is 24.1 Å². The average Bonchev–Trinajstić information content (AvgIpc) is 3.56. The van der Waals surface area contributed by atoms with E-state index in [1.54, 1.807) is 17.0 Å². The molecule has 1 aliphatic carbocycles. The van der Waals surface area contributed by atoms with Crippen molar-refractivity contribution in [2.45, 2.75) is 37.3 Å². The highest BCUT2D eigenvalue weighted by atomic mass is 19.4. The van der Waals surface area contributed by atoms with Gasteiger partial charge in [0.25, 0.3) is 5.91 Å². The van der Waals surface area contributed by atoms with Crippen molar-refractivity contribution in [3.8, 4) is 11.4 Å². The molecular formula is C29H26F3N7O2. The average molecular weight is 562 g/mol. The Morgan fingerprint density at radius 2 is 1.83 bits per heavy atom. The van der Waals surface area contributed by atoms with Crippen molar-refractivity contribution >= 4 is 29.1 Å². The molecule has 0 spiro atoms. The summed E-state index contributed by atoms with van der Waals surface area (Å²) in [6, 6.07) is 8.66. The van der Waals surface area contributed by atoms with Crippen LogP contribution < -0.4 is 11.1 Å². The van der Waals surface area contributed by atoms with Crippen molar-refractivity contribution in [2.24, 2.45) is 0 Å². The number of carbonyl (C=O) groups excluding carboxylic acids is 2. The molecule has 12 heteroatoms. The van der Waals surface area contributed by atoms with E-state index in [9.17, 15) is 22.8 Å². The molecule has 6 rings (SSSR count). The van der Waals surface area contributed by atoms with E-state index < -0.39 is 23.2 Å². The van der Waals surface area contributed by atoms with E-state index in [0.717, 1.165) is 30.5 Å². The van der Waals surface area contributed by atoms with Crippen LogP contribution in [0.3, 0.4) is 0 Å². The third kappa shape index (κ3) is 5.01. The van der Waals surface area contributed by atoms with Crippen molar-refractivity contribution < 1.29 is 22.8 Å². The SMILES string of the molecule is C=CC(=O)N1CCC(c2nc(-c3ccc(C(=O)Nc4cc(C5CC5)ccn4)c(C(F)(F)F)c3)n3c(N)nccc23)C1. The first-order valence-electron chi connectivity index (χ1n) is 13.2. The van der Waals surface area contributed by atoms with Gasteiger partial charge in [-0.15, -0.1) is 0 Å². The summed E-state index contributed by atoms with van der Waals surface area (Å²) in [5.41, 5.74) is 6.81. The second-order valence-electron chi connectivity index (χ2n) is 10.3. The highest BCUT2D eigenvalue weighted by molar-refractivity contribution is 6.05. The second kappa shape index (κ2) is 10.0. The van der Waals surface area contributed by atoms with Crippen molar-refractivity contribution in [3.63, 3.8) is 0 Å². The summed E-state index contributed by atoms with van der Waals surface area (Å²) in [7, 11) is 0. The zero-order valence-electron chi connectivity index (χ0n) is 21.9. The van der Waals surface area contributed by atoms with Gasteiger partial charge in [-0.05, 0) is 67.2 Å². The van der Waals surface area contributed by atoms with Gasteiger partial charge in [0.05, 0.1) is 22.3 Å². The van der Waals surface area contributed by atoms with Crippen LogP contribution in [0.15, 0.2) is 61.4 Å². The molecule has 210 valence electrons. The Morgan fingerprint density at radius 3 is 2.56 bits per heavy atom. The summed E-state index contributed by atoms with van der Waals surface area (Å²) in [6.07, 6.45) is 2.15. The number of amides is 2. The Kier molecular flexibility index (Phi) is 6.47. The fourth-order valence-corrected chi connectivity index (χ4v) is 5.38. The van der Waals surface area contributed by atoms with Crippen molar-refractivity contribution in [3.05, 3.63) is 83.8 Å². The fraction of sp³-hybridized carbons (Fsp3) is 0.276. The minimum Gasteiger partial charge on any atom is -0.369 e. The summed E-state index contributed by atoms with van der Waals surface area (Å²) >= 11 is 0. The number of aromatic nitrogens is 4. The standard InChI is InChI=1S/C29H26F3N7O2/c1-2-24(40)38-12-9-19(15-38)25-22-8-11-35-28(33)39(22)26(37-25)18-5-6-20(21(13-18)29(30,31)32)27(41)36-23-14-17(7-10-34-23)16-3-4-16/h2,5-8,10-11,13-14,16,19H,1,3-4,9,12,15H2,(H2,33,35)(H,34,36,41). The maximum Gasteiger partial charge on any atom is 0.417 e. The number of pyridine rings is 1. The van der Waals surface area contributed by atoms with E-state index in [1.165, 1.54) is 28.9 Å². The quantitative estimate of drug-likeness (QED) is 0.319. The van der Waals surface area contributed by atoms with Gasteiger partial charge in [-0.1, -0.05) is 12.6 Å². The zero-order chi connectivity index (χ0) is 28.9. The highest BCUT2D eigenvalue weighted by Crippen LogP contribution is 2.41. The number of benzene rings is 1. The molecule has 4 aromatic rings. The maximum absolute atomic E-state index is 14.3. The number of nitrogens with one attached hydrogen (secondary N) is 1. The molecule has 1 atom stereocenters. The predicted molar refractivity (Wildman–Crippen MR) is 146 cm³/mol. The first-order chi connectivity index (χ1) is 19.6. The molecule has 1 aromatic carbocycles. The summed E-state index contributed by atoms with van der Waals surface area (Å²) in [5.74, 6) is -0.483. The van der Waals surface area contributed by atoms with Crippen LogP contribution in [0.1, 0.15) is 58.3 Å². The summed E-state index contributed by atoms with van der Waals surface area (Å²) in [6.45, 7) is 4.43. The van der Waals surface area contributed by atoms with Crippen LogP contribution in [0.2, 0.25) is 0 Å². The Hall–Kier alpha value is -4.74. The summed E-state index contributed by atoms with van der Waals surface area (Å²) < 4.78 is 44.4. The number of halogens is 3. The van der Waals surface area contributed by atoms with E-state index in [-0.39, 0.29) is 35.0 Å². The summed E-state index contributed by atoms with van der Waals surface area (Å²) in [5, 5.41) is 2.51. The fourth-order valence-electron chi connectivity index (χ4n) is 5.38. The number of carbonyl (C=O) groups is 2. The van der Waals surface area contributed by atoms with Crippen LogP contribution >= 0.6 is 0 Å². The maximum atomic E-state index is 14.3. The molecule has 3 N–H and O–H groups in total. The normalized spacial score (nSPS) is 17.1. The van der Waals surface area contributed by atoms with E-state index in [4.69, 9.17) is 10.7 Å². The third-order valence-electron chi connectivity index (χ3n) is 7.57. The molecule has 4 heterocycles. The molecule has 3 aromatic heterocycles. The number of nitrogens with two attached hydrogens (primary N) is 1. The Balaban J connectivity index is 1.38. The van der Waals surface area contributed by atoms with Gasteiger partial charge in [0.2, 0.25) is 11.9 Å². The van der Waals surface area contributed by atoms with Gasteiger partial charge in [-0.3, -0.25) is 14.0 Å². The van der Waals surface area contributed by atoms with Crippen LogP contribution in [0.4, 0.5) is 24.9 Å². The van der Waals surface area contributed by atoms with Gasteiger partial charge < -0.3 is 16.0 Å². The van der Waals surface area contributed by atoms with Gasteiger partial charge in [-0.2, -0.15) is 13.2 Å². The lowest BCUT2D eigenvalue weighted by molar-refractivity contribution is -0.137. The minimum absolute atomic E-state index is 0.0465. The van der Waals surface area contributed by atoms with Gasteiger partial charge in [0, 0.05) is 37.0 Å². The number of fused-ring (bicyclic) bond motifs is 1. The number of rotatable bonds is 6. The Morgan fingerprint density at radius 1 is 1.05 bits per heavy atom. The molecule has 1 unspecified atom stereocenters. The molecule has 0 bridgehead atoms. The van der Waals surface area contributed by atoms with Crippen LogP contribution in [0.25, 0.3) is 16.9 Å². The molecular weight excluding hydrogens is 535 g/mol. The largest absolute Gasteiger partial charge is 0.417 e. The molecule has 2 fully saturated rings. The van der Waals surface area contributed by atoms with E-state index >= 15 is 0 Å². The molecule has 0 radical (unpaired) electrons. The van der Waals surface area contributed by atoms with E-state index in [2.05, 4.69) is 21.9 Å².